The standard InChI is InChI=1S/C22H30N4O2/c1-16-14-19(26(24-16)15-17-8-6-5-7-9-17)23-20(27)18-10-12-25(13-11-18)21(28)22(2,3)4/h5-9,14,18H,10-13,15H2,1-4H3,(H,23,27). The van der Waals surface area contributed by atoms with E-state index >= 15 is 0 Å². The van der Waals surface area contributed by atoms with E-state index in [4.69, 9.17) is 0 Å². The van der Waals surface area contributed by atoms with E-state index in [1.165, 1.54) is 0 Å². The van der Waals surface area contributed by atoms with Crippen LogP contribution in [0.5, 0.6) is 0 Å². The lowest BCUT2D eigenvalue weighted by atomic mass is 9.90. The Hall–Kier alpha value is -2.63. The van der Waals surface area contributed by atoms with Crippen molar-refractivity contribution in [1.29, 1.82) is 0 Å². The van der Waals surface area contributed by atoms with E-state index < -0.39 is 0 Å². The number of anilines is 1. The Morgan fingerprint density at radius 2 is 1.79 bits per heavy atom. The highest BCUT2D eigenvalue weighted by atomic mass is 16.2. The normalized spacial score (nSPS) is 15.5. The van der Waals surface area contributed by atoms with Crippen LogP contribution < -0.4 is 5.32 Å². The number of carbonyl (C=O) groups excluding carboxylic acids is 2. The summed E-state index contributed by atoms with van der Waals surface area (Å²) in [4.78, 5) is 27.1. The van der Waals surface area contributed by atoms with Crippen LogP contribution in [0.4, 0.5) is 5.82 Å². The highest BCUT2D eigenvalue weighted by molar-refractivity contribution is 5.92. The van der Waals surface area contributed by atoms with Gasteiger partial charge < -0.3 is 10.2 Å². The topological polar surface area (TPSA) is 67.2 Å². The number of carbonyl (C=O) groups is 2. The largest absolute Gasteiger partial charge is 0.342 e. The molecule has 0 saturated carbocycles. The number of aromatic nitrogens is 2. The summed E-state index contributed by atoms with van der Waals surface area (Å²) in [6.45, 7) is 9.61. The number of nitrogens with one attached hydrogen (secondary N) is 1. The summed E-state index contributed by atoms with van der Waals surface area (Å²) in [5.74, 6) is 0.809. The van der Waals surface area contributed by atoms with Crippen LogP contribution in [0.15, 0.2) is 36.4 Å². The SMILES string of the molecule is Cc1cc(NC(=O)C2CCN(C(=O)C(C)(C)C)CC2)n(Cc2ccccc2)n1. The molecule has 0 aliphatic carbocycles. The van der Waals surface area contributed by atoms with E-state index in [0.717, 1.165) is 17.1 Å². The Bertz CT molecular complexity index is 828. The van der Waals surface area contributed by atoms with Gasteiger partial charge in [-0.3, -0.25) is 9.59 Å². The summed E-state index contributed by atoms with van der Waals surface area (Å²) in [5.41, 5.74) is 1.63. The fourth-order valence-electron chi connectivity index (χ4n) is 3.57. The fraction of sp³-hybridized carbons (Fsp3) is 0.500. The van der Waals surface area contributed by atoms with Crippen molar-refractivity contribution >= 4 is 17.6 Å². The Kier molecular flexibility index (Phi) is 5.87. The van der Waals surface area contributed by atoms with Gasteiger partial charge >= 0.3 is 0 Å². The molecule has 1 aromatic heterocycles. The lowest BCUT2D eigenvalue weighted by Crippen LogP contribution is -2.45. The van der Waals surface area contributed by atoms with Gasteiger partial charge in [0.25, 0.3) is 0 Å². The van der Waals surface area contributed by atoms with Crippen LogP contribution in [0.2, 0.25) is 0 Å². The molecule has 6 heteroatoms. The molecule has 0 radical (unpaired) electrons. The third kappa shape index (κ3) is 4.80. The molecule has 28 heavy (non-hydrogen) atoms. The van der Waals surface area contributed by atoms with E-state index in [0.29, 0.717) is 32.5 Å². The molecule has 1 fully saturated rings. The number of benzene rings is 1. The first-order valence-corrected chi connectivity index (χ1v) is 9.92. The van der Waals surface area contributed by atoms with Gasteiger partial charge in [0.2, 0.25) is 11.8 Å². The van der Waals surface area contributed by atoms with Crippen LogP contribution in [0, 0.1) is 18.3 Å². The van der Waals surface area contributed by atoms with Crippen molar-refractivity contribution in [3.63, 3.8) is 0 Å². The van der Waals surface area contributed by atoms with Gasteiger partial charge in [0.05, 0.1) is 12.2 Å². The summed E-state index contributed by atoms with van der Waals surface area (Å²) in [5, 5.41) is 7.57. The Balaban J connectivity index is 1.61. The lowest BCUT2D eigenvalue weighted by Gasteiger charge is -2.35. The first-order valence-electron chi connectivity index (χ1n) is 9.92. The van der Waals surface area contributed by atoms with Crippen molar-refractivity contribution in [2.45, 2.75) is 47.1 Å². The minimum Gasteiger partial charge on any atom is -0.342 e. The molecule has 0 bridgehead atoms. The maximum atomic E-state index is 12.8. The average Bonchev–Trinajstić information content (AvgIpc) is 3.00. The molecule has 1 aliphatic heterocycles. The molecule has 0 atom stereocenters. The van der Waals surface area contributed by atoms with Gasteiger partial charge in [-0.25, -0.2) is 4.68 Å². The number of rotatable bonds is 4. The molecule has 2 heterocycles. The van der Waals surface area contributed by atoms with Crippen LogP contribution in [0.25, 0.3) is 0 Å². The number of amides is 2. The van der Waals surface area contributed by atoms with Crippen LogP contribution in [-0.4, -0.2) is 39.6 Å². The second-order valence-corrected chi connectivity index (χ2v) is 8.62. The van der Waals surface area contributed by atoms with Crippen LogP contribution in [0.3, 0.4) is 0 Å². The van der Waals surface area contributed by atoms with E-state index in [-0.39, 0.29) is 23.1 Å². The van der Waals surface area contributed by atoms with Gasteiger partial charge in [-0.05, 0) is 25.3 Å². The average molecular weight is 383 g/mol. The maximum absolute atomic E-state index is 12.8. The molecule has 150 valence electrons. The first-order chi connectivity index (χ1) is 13.2. The van der Waals surface area contributed by atoms with Crippen molar-refractivity contribution in [3.8, 4) is 0 Å². The van der Waals surface area contributed by atoms with Crippen molar-refractivity contribution in [2.24, 2.45) is 11.3 Å². The molecule has 1 N–H and O–H groups in total. The van der Waals surface area contributed by atoms with Gasteiger partial charge in [-0.1, -0.05) is 51.1 Å². The molecule has 1 aromatic carbocycles. The predicted molar refractivity (Wildman–Crippen MR) is 110 cm³/mol. The van der Waals surface area contributed by atoms with Crippen molar-refractivity contribution < 1.29 is 9.59 Å². The van der Waals surface area contributed by atoms with Crippen LogP contribution in [0.1, 0.15) is 44.9 Å². The van der Waals surface area contributed by atoms with E-state index in [2.05, 4.69) is 10.4 Å². The number of likely N-dealkylation sites (tertiary alicyclic amines) is 1. The van der Waals surface area contributed by atoms with Crippen LogP contribution >= 0.6 is 0 Å². The number of aryl methyl sites for hydroxylation is 1. The summed E-state index contributed by atoms with van der Waals surface area (Å²) < 4.78 is 1.83. The molecule has 6 nitrogen and oxygen atoms in total. The summed E-state index contributed by atoms with van der Waals surface area (Å²) >= 11 is 0. The Morgan fingerprint density at radius 3 is 2.39 bits per heavy atom. The third-order valence-electron chi connectivity index (χ3n) is 5.12. The molecule has 3 rings (SSSR count). The van der Waals surface area contributed by atoms with Gasteiger partial charge in [0.15, 0.2) is 0 Å². The minimum absolute atomic E-state index is 0.0112. The molecule has 0 unspecified atom stereocenters. The zero-order valence-corrected chi connectivity index (χ0v) is 17.2. The fourth-order valence-corrected chi connectivity index (χ4v) is 3.57. The molecule has 1 aliphatic rings. The van der Waals surface area contributed by atoms with Gasteiger partial charge in [-0.15, -0.1) is 0 Å². The summed E-state index contributed by atoms with van der Waals surface area (Å²) in [6, 6.07) is 12.0. The van der Waals surface area contributed by atoms with Crippen LogP contribution in [-0.2, 0) is 16.1 Å². The Morgan fingerprint density at radius 1 is 1.14 bits per heavy atom. The quantitative estimate of drug-likeness (QED) is 0.880. The molecule has 2 amide bonds. The molecule has 2 aromatic rings. The Labute approximate surface area is 166 Å². The van der Waals surface area contributed by atoms with E-state index in [1.54, 1.807) is 0 Å². The molecular formula is C22H30N4O2. The van der Waals surface area contributed by atoms with Gasteiger partial charge in [0, 0.05) is 30.5 Å². The number of hydrogen-bond donors (Lipinski definition) is 1. The maximum Gasteiger partial charge on any atom is 0.228 e. The van der Waals surface area contributed by atoms with Crippen molar-refractivity contribution in [3.05, 3.63) is 47.7 Å². The zero-order valence-electron chi connectivity index (χ0n) is 17.2. The van der Waals surface area contributed by atoms with Crippen molar-refractivity contribution in [1.82, 2.24) is 14.7 Å². The number of hydrogen-bond acceptors (Lipinski definition) is 3. The highest BCUT2D eigenvalue weighted by Gasteiger charge is 2.32. The molecule has 1 saturated heterocycles. The lowest BCUT2D eigenvalue weighted by molar-refractivity contribution is -0.142. The molecular weight excluding hydrogens is 352 g/mol. The van der Waals surface area contributed by atoms with Gasteiger partial charge in [0.1, 0.15) is 5.82 Å². The number of nitrogens with zero attached hydrogens (tertiary/aromatic N) is 3. The van der Waals surface area contributed by atoms with Crippen molar-refractivity contribution in [2.75, 3.05) is 18.4 Å². The van der Waals surface area contributed by atoms with E-state index in [1.807, 2.05) is 73.7 Å². The summed E-state index contributed by atoms with van der Waals surface area (Å²) in [7, 11) is 0. The zero-order chi connectivity index (χ0) is 20.3. The minimum atomic E-state index is -0.378. The van der Waals surface area contributed by atoms with E-state index in [9.17, 15) is 9.59 Å². The molecule has 0 spiro atoms. The summed E-state index contributed by atoms with van der Waals surface area (Å²) in [6.07, 6.45) is 1.39. The second kappa shape index (κ2) is 8.17. The smallest absolute Gasteiger partial charge is 0.228 e. The van der Waals surface area contributed by atoms with Gasteiger partial charge in [-0.2, -0.15) is 5.10 Å². The monoisotopic (exact) mass is 382 g/mol. The second-order valence-electron chi connectivity index (χ2n) is 8.62. The number of piperidine rings is 1. The third-order valence-corrected chi connectivity index (χ3v) is 5.12. The highest BCUT2D eigenvalue weighted by Crippen LogP contribution is 2.25. The first kappa shape index (κ1) is 20.1. The predicted octanol–water partition coefficient (Wildman–Crippen LogP) is 3.46.